The molecule has 0 spiro atoms. The maximum atomic E-state index is 5.30. The van der Waals surface area contributed by atoms with Crippen LogP contribution in [0.25, 0.3) is 0 Å². The molecule has 4 heteroatoms. The molecule has 0 bridgehead atoms. The predicted molar refractivity (Wildman–Crippen MR) is 55.0 cm³/mol. The quantitative estimate of drug-likeness (QED) is 0.783. The van der Waals surface area contributed by atoms with E-state index in [0.717, 1.165) is 29.8 Å². The minimum Gasteiger partial charge on any atom is -0.467 e. The first-order valence-electron chi connectivity index (χ1n) is 4.30. The van der Waals surface area contributed by atoms with Gasteiger partial charge in [0.25, 0.3) is 0 Å². The number of furan rings is 1. The van der Waals surface area contributed by atoms with Crippen LogP contribution < -0.4 is 5.32 Å². The van der Waals surface area contributed by atoms with Gasteiger partial charge in [0.1, 0.15) is 5.76 Å². The summed E-state index contributed by atoms with van der Waals surface area (Å²) in [6.07, 6.45) is 1.72. The lowest BCUT2D eigenvalue weighted by molar-refractivity contribution is 0.501. The summed E-state index contributed by atoms with van der Waals surface area (Å²) < 4.78 is 5.30. The van der Waals surface area contributed by atoms with Crippen molar-refractivity contribution in [1.82, 2.24) is 5.32 Å². The van der Waals surface area contributed by atoms with Gasteiger partial charge in [0, 0.05) is 5.75 Å². The van der Waals surface area contributed by atoms with Gasteiger partial charge >= 0.3 is 0 Å². The number of aryl methyl sites for hydroxylation is 1. The largest absolute Gasteiger partial charge is 0.467 e. The Bertz CT molecular complexity index is 319. The summed E-state index contributed by atoms with van der Waals surface area (Å²) in [5.74, 6) is 2.09. The summed E-state index contributed by atoms with van der Waals surface area (Å²) in [5, 5.41) is 4.28. The molecule has 0 saturated carbocycles. The molecule has 1 N–H and O–H groups in total. The number of hydrogen-bond acceptors (Lipinski definition) is 4. The van der Waals surface area contributed by atoms with Crippen LogP contribution in [-0.2, 0) is 6.54 Å². The molecule has 3 nitrogen and oxygen atoms in total. The number of rotatable bonds is 2. The maximum Gasteiger partial charge on any atom is 0.157 e. The topological polar surface area (TPSA) is 37.5 Å². The van der Waals surface area contributed by atoms with E-state index in [2.05, 4.69) is 10.3 Å². The fraction of sp³-hybridized carbons (Fsp3) is 0.444. The molecule has 1 aromatic heterocycles. The molecule has 2 rings (SSSR count). The minimum atomic E-state index is 0.741. The molecule has 0 atom stereocenters. The number of hydrogen-bond donors (Lipinski definition) is 1. The van der Waals surface area contributed by atoms with Crippen molar-refractivity contribution in [3.8, 4) is 0 Å². The van der Waals surface area contributed by atoms with E-state index < -0.39 is 0 Å². The smallest absolute Gasteiger partial charge is 0.157 e. The van der Waals surface area contributed by atoms with Crippen LogP contribution in [0.4, 0.5) is 0 Å². The lowest BCUT2D eigenvalue weighted by atomic mass is 10.3. The van der Waals surface area contributed by atoms with Crippen LogP contribution in [0, 0.1) is 6.92 Å². The van der Waals surface area contributed by atoms with Gasteiger partial charge in [-0.1, -0.05) is 11.8 Å². The van der Waals surface area contributed by atoms with Crippen LogP contribution >= 0.6 is 11.8 Å². The lowest BCUT2D eigenvalue weighted by Gasteiger charge is -2.02. The van der Waals surface area contributed by atoms with Crippen molar-refractivity contribution in [3.05, 3.63) is 23.7 Å². The minimum absolute atomic E-state index is 0.741. The molecule has 1 aliphatic rings. The van der Waals surface area contributed by atoms with Crippen molar-refractivity contribution in [2.45, 2.75) is 13.5 Å². The van der Waals surface area contributed by atoms with Gasteiger partial charge in [-0.15, -0.1) is 0 Å². The molecular formula is C9H12N2OS. The van der Waals surface area contributed by atoms with Crippen molar-refractivity contribution < 1.29 is 4.42 Å². The molecule has 0 unspecified atom stereocenters. The average Bonchev–Trinajstić information content (AvgIpc) is 2.72. The number of thioether (sulfide) groups is 1. The Kier molecular flexibility index (Phi) is 2.59. The Hall–Kier alpha value is -0.900. The highest BCUT2D eigenvalue weighted by Crippen LogP contribution is 2.12. The van der Waals surface area contributed by atoms with Gasteiger partial charge in [0.05, 0.1) is 19.4 Å². The van der Waals surface area contributed by atoms with Crippen molar-refractivity contribution in [2.24, 2.45) is 4.99 Å². The lowest BCUT2D eigenvalue weighted by Crippen LogP contribution is -2.18. The third-order valence-electron chi connectivity index (χ3n) is 1.95. The number of aliphatic imine (C=N–C) groups is 1. The molecule has 70 valence electrons. The van der Waals surface area contributed by atoms with Crippen LogP contribution in [0.5, 0.6) is 0 Å². The highest BCUT2D eigenvalue weighted by molar-refractivity contribution is 8.14. The zero-order valence-electron chi connectivity index (χ0n) is 7.54. The van der Waals surface area contributed by atoms with E-state index in [1.807, 2.05) is 13.0 Å². The second kappa shape index (κ2) is 3.87. The van der Waals surface area contributed by atoms with Crippen LogP contribution in [0.2, 0.25) is 0 Å². The van der Waals surface area contributed by atoms with Crippen molar-refractivity contribution in [2.75, 3.05) is 12.3 Å². The Labute approximate surface area is 81.6 Å². The Morgan fingerprint density at radius 1 is 1.69 bits per heavy atom. The van der Waals surface area contributed by atoms with Crippen molar-refractivity contribution in [1.29, 1.82) is 0 Å². The van der Waals surface area contributed by atoms with Gasteiger partial charge in [-0.25, -0.2) is 0 Å². The first-order valence-corrected chi connectivity index (χ1v) is 5.29. The van der Waals surface area contributed by atoms with E-state index in [0.29, 0.717) is 0 Å². The van der Waals surface area contributed by atoms with Gasteiger partial charge in [0.15, 0.2) is 5.17 Å². The summed E-state index contributed by atoms with van der Waals surface area (Å²) in [6, 6.07) is 1.97. The highest BCUT2D eigenvalue weighted by atomic mass is 32.2. The van der Waals surface area contributed by atoms with Crippen molar-refractivity contribution >= 4 is 16.9 Å². The maximum absolute atomic E-state index is 5.30. The number of nitrogens with zero attached hydrogens (tertiary/aromatic N) is 1. The summed E-state index contributed by atoms with van der Waals surface area (Å²) in [5.41, 5.74) is 1.19. The van der Waals surface area contributed by atoms with E-state index in [-0.39, 0.29) is 0 Å². The summed E-state index contributed by atoms with van der Waals surface area (Å²) in [7, 11) is 0. The van der Waals surface area contributed by atoms with E-state index in [1.165, 1.54) is 5.56 Å². The second-order valence-corrected chi connectivity index (χ2v) is 4.00. The van der Waals surface area contributed by atoms with E-state index >= 15 is 0 Å². The van der Waals surface area contributed by atoms with E-state index in [1.54, 1.807) is 18.0 Å². The molecule has 0 amide bonds. The third-order valence-corrected chi connectivity index (χ3v) is 2.89. The SMILES string of the molecule is Cc1ccoc1CNC1=NCCS1. The van der Waals surface area contributed by atoms with E-state index in [9.17, 15) is 0 Å². The Morgan fingerprint density at radius 2 is 2.62 bits per heavy atom. The van der Waals surface area contributed by atoms with Crippen LogP contribution in [-0.4, -0.2) is 17.5 Å². The highest BCUT2D eigenvalue weighted by Gasteiger charge is 2.07. The fourth-order valence-corrected chi connectivity index (χ4v) is 1.92. The van der Waals surface area contributed by atoms with Gasteiger partial charge < -0.3 is 9.73 Å². The Morgan fingerprint density at radius 3 is 3.23 bits per heavy atom. The van der Waals surface area contributed by atoms with Gasteiger partial charge in [-0.05, 0) is 18.6 Å². The zero-order valence-corrected chi connectivity index (χ0v) is 8.36. The van der Waals surface area contributed by atoms with Crippen LogP contribution in [0.15, 0.2) is 21.7 Å². The Balaban J connectivity index is 1.89. The molecule has 1 aliphatic heterocycles. The molecule has 2 heterocycles. The third kappa shape index (κ3) is 2.06. The van der Waals surface area contributed by atoms with Crippen molar-refractivity contribution in [3.63, 3.8) is 0 Å². The molecular weight excluding hydrogens is 184 g/mol. The average molecular weight is 196 g/mol. The standard InChI is InChI=1S/C9H12N2OS/c1-7-2-4-12-8(7)6-11-9-10-3-5-13-9/h2,4H,3,5-6H2,1H3,(H,10,11). The van der Waals surface area contributed by atoms with Crippen LogP contribution in [0.1, 0.15) is 11.3 Å². The molecule has 0 saturated heterocycles. The first-order chi connectivity index (χ1) is 6.36. The summed E-state index contributed by atoms with van der Waals surface area (Å²) in [4.78, 5) is 4.29. The molecule has 1 aromatic rings. The predicted octanol–water partition coefficient (Wildman–Crippen LogP) is 1.78. The number of amidine groups is 1. The number of nitrogens with one attached hydrogen (secondary N) is 1. The molecule has 0 aliphatic carbocycles. The molecule has 0 aromatic carbocycles. The normalized spacial score (nSPS) is 15.9. The summed E-state index contributed by atoms with van der Waals surface area (Å²) >= 11 is 1.77. The fourth-order valence-electron chi connectivity index (χ4n) is 1.18. The molecule has 0 fully saturated rings. The van der Waals surface area contributed by atoms with E-state index in [4.69, 9.17) is 4.42 Å². The van der Waals surface area contributed by atoms with Gasteiger partial charge in [-0.3, -0.25) is 4.99 Å². The molecule has 13 heavy (non-hydrogen) atoms. The monoisotopic (exact) mass is 196 g/mol. The van der Waals surface area contributed by atoms with Gasteiger partial charge in [0.2, 0.25) is 0 Å². The zero-order chi connectivity index (χ0) is 9.10. The van der Waals surface area contributed by atoms with Crippen LogP contribution in [0.3, 0.4) is 0 Å². The summed E-state index contributed by atoms with van der Waals surface area (Å²) in [6.45, 7) is 3.72. The first kappa shape index (κ1) is 8.69. The second-order valence-electron chi connectivity index (χ2n) is 2.92. The van der Waals surface area contributed by atoms with Gasteiger partial charge in [-0.2, -0.15) is 0 Å². The molecule has 0 radical (unpaired) electrons.